The average Bonchev–Trinajstić information content (AvgIpc) is 2.82. The maximum atomic E-state index is 14.8. The highest BCUT2D eigenvalue weighted by Gasteiger charge is 2.36. The number of carbonyl (C=O) groups excluding carboxylic acids is 1. The number of hydrogen-bond donors (Lipinski definition) is 0. The largest absolute Gasteiger partial charge is 0.493 e. The molecule has 1 aliphatic rings. The molecule has 0 saturated carbocycles. The van der Waals surface area contributed by atoms with Gasteiger partial charge in [-0.2, -0.15) is 0 Å². The van der Waals surface area contributed by atoms with E-state index in [1.54, 1.807) is 38.1 Å². The second kappa shape index (κ2) is 9.24. The number of methoxy groups -OCH3 is 3. The molecule has 0 atom stereocenters. The van der Waals surface area contributed by atoms with Crippen LogP contribution in [-0.4, -0.2) is 47.7 Å². The first-order valence-electron chi connectivity index (χ1n) is 11.2. The molecule has 0 radical (unpaired) electrons. The van der Waals surface area contributed by atoms with Crippen LogP contribution in [0.15, 0.2) is 30.4 Å². The smallest absolute Gasteiger partial charge is 0.203 e. The number of pyridine rings is 1. The van der Waals surface area contributed by atoms with Crippen molar-refractivity contribution in [2.45, 2.75) is 38.7 Å². The van der Waals surface area contributed by atoms with Crippen molar-refractivity contribution in [2.24, 2.45) is 0 Å². The lowest BCUT2D eigenvalue weighted by Gasteiger charge is -2.30. The number of carbonyl (C=O) groups is 1. The van der Waals surface area contributed by atoms with Crippen molar-refractivity contribution in [1.29, 1.82) is 0 Å². The summed E-state index contributed by atoms with van der Waals surface area (Å²) >= 11 is 0. The SMILES string of the molecule is [2H]c1nc(Cc2cc(OC)c(OC)c(OC)c2)nc(Cc2ccc3c(n2)CC(=O)C(C)(C)O3)c1F. The molecule has 34 heavy (non-hydrogen) atoms. The van der Waals surface area contributed by atoms with Gasteiger partial charge in [-0.1, -0.05) is 0 Å². The second-order valence-electron chi connectivity index (χ2n) is 8.36. The van der Waals surface area contributed by atoms with E-state index in [9.17, 15) is 9.18 Å². The molecule has 8 nitrogen and oxygen atoms in total. The number of hydrogen-bond acceptors (Lipinski definition) is 8. The predicted octanol–water partition coefficient (Wildman–Crippen LogP) is 3.50. The van der Waals surface area contributed by atoms with Gasteiger partial charge in [0.1, 0.15) is 11.6 Å². The third-order valence-corrected chi connectivity index (χ3v) is 5.59. The molecule has 0 aliphatic carbocycles. The Kier molecular flexibility index (Phi) is 6.00. The van der Waals surface area contributed by atoms with Crippen LogP contribution in [0.3, 0.4) is 0 Å². The zero-order valence-electron chi connectivity index (χ0n) is 20.7. The zero-order chi connectivity index (χ0) is 25.3. The van der Waals surface area contributed by atoms with Crippen molar-refractivity contribution in [3.63, 3.8) is 0 Å². The quantitative estimate of drug-likeness (QED) is 0.520. The summed E-state index contributed by atoms with van der Waals surface area (Å²) in [6.07, 6.45) is -0.118. The molecule has 0 unspecified atom stereocenters. The van der Waals surface area contributed by atoms with E-state index >= 15 is 0 Å². The summed E-state index contributed by atoms with van der Waals surface area (Å²) in [6, 6.07) is 6.93. The van der Waals surface area contributed by atoms with Crippen LogP contribution in [0.2, 0.25) is 0 Å². The molecule has 0 spiro atoms. The molecule has 3 heterocycles. The molecule has 4 rings (SSSR count). The molecule has 1 aromatic carbocycles. The lowest BCUT2D eigenvalue weighted by molar-refractivity contribution is -0.132. The fourth-order valence-corrected chi connectivity index (χ4v) is 3.74. The summed E-state index contributed by atoms with van der Waals surface area (Å²) in [5.74, 6) is 1.28. The number of nitrogens with zero attached hydrogens (tertiary/aromatic N) is 3. The topological polar surface area (TPSA) is 92.7 Å². The Hall–Kier alpha value is -3.75. The number of halogens is 1. The molecule has 0 N–H and O–H groups in total. The van der Waals surface area contributed by atoms with Gasteiger partial charge in [-0.25, -0.2) is 14.4 Å². The summed E-state index contributed by atoms with van der Waals surface area (Å²) in [5, 5.41) is 0. The van der Waals surface area contributed by atoms with Gasteiger partial charge in [0.2, 0.25) is 5.75 Å². The predicted molar refractivity (Wildman–Crippen MR) is 121 cm³/mol. The van der Waals surface area contributed by atoms with Gasteiger partial charge < -0.3 is 18.9 Å². The fourth-order valence-electron chi connectivity index (χ4n) is 3.74. The Labute approximate surface area is 198 Å². The van der Waals surface area contributed by atoms with Gasteiger partial charge in [0.15, 0.2) is 28.7 Å². The Morgan fingerprint density at radius 1 is 1.09 bits per heavy atom. The molecule has 0 bridgehead atoms. The van der Waals surface area contributed by atoms with E-state index in [4.69, 9.17) is 20.3 Å². The third-order valence-electron chi connectivity index (χ3n) is 5.59. The Balaban J connectivity index is 1.63. The Morgan fingerprint density at radius 2 is 1.79 bits per heavy atom. The first kappa shape index (κ1) is 22.1. The van der Waals surface area contributed by atoms with Crippen LogP contribution in [0.4, 0.5) is 4.39 Å². The summed E-state index contributed by atoms with van der Waals surface area (Å²) < 4.78 is 44.6. The van der Waals surface area contributed by atoms with E-state index in [2.05, 4.69) is 15.0 Å². The van der Waals surface area contributed by atoms with Crippen LogP contribution in [0.25, 0.3) is 0 Å². The van der Waals surface area contributed by atoms with E-state index in [0.29, 0.717) is 34.4 Å². The van der Waals surface area contributed by atoms with Crippen LogP contribution in [0.1, 0.15) is 43.7 Å². The van der Waals surface area contributed by atoms with Crippen LogP contribution in [-0.2, 0) is 24.1 Å². The van der Waals surface area contributed by atoms with E-state index in [1.807, 2.05) is 0 Å². The molecule has 0 amide bonds. The van der Waals surface area contributed by atoms with Crippen molar-refractivity contribution < 1.29 is 29.5 Å². The molecule has 2 aromatic heterocycles. The number of ketones is 1. The number of Topliss-reactive ketones (excluding diaryl/α,β-unsaturated/α-hetero) is 1. The first-order chi connectivity index (χ1) is 16.6. The number of ether oxygens (including phenoxy) is 4. The standard InChI is InChI=1S/C25H26FN3O5/c1-25(2)22(30)12-18-19(34-25)7-6-15(28-18)11-17-16(26)13-27-23(29-17)10-14-8-20(31-3)24(33-5)21(9-14)32-4/h6-9,13H,10-12H2,1-5H3/i13D. The molecular formula is C25H26FN3O5. The molecular weight excluding hydrogens is 441 g/mol. The van der Waals surface area contributed by atoms with Crippen LogP contribution in [0, 0.1) is 5.82 Å². The van der Waals surface area contributed by atoms with Gasteiger partial charge in [0, 0.05) is 18.5 Å². The molecule has 1 aliphatic heterocycles. The highest BCUT2D eigenvalue weighted by molar-refractivity contribution is 5.90. The number of fused-ring (bicyclic) bond motifs is 1. The summed E-state index contributed by atoms with van der Waals surface area (Å²) in [4.78, 5) is 25.2. The third kappa shape index (κ3) is 4.64. The van der Waals surface area contributed by atoms with Gasteiger partial charge >= 0.3 is 0 Å². The van der Waals surface area contributed by atoms with Crippen LogP contribution < -0.4 is 18.9 Å². The van der Waals surface area contributed by atoms with E-state index in [-0.39, 0.29) is 36.6 Å². The average molecular weight is 469 g/mol. The minimum absolute atomic E-state index is 0.0351. The van der Waals surface area contributed by atoms with Crippen LogP contribution in [0.5, 0.6) is 23.0 Å². The lowest BCUT2D eigenvalue weighted by Crippen LogP contribution is -2.43. The number of rotatable bonds is 7. The normalized spacial score (nSPS) is 14.6. The van der Waals surface area contributed by atoms with Gasteiger partial charge in [0.05, 0.1) is 46.7 Å². The summed E-state index contributed by atoms with van der Waals surface area (Å²) in [7, 11) is 4.54. The van der Waals surface area contributed by atoms with Gasteiger partial charge in [0.25, 0.3) is 0 Å². The fraction of sp³-hybridized carbons (Fsp3) is 0.360. The van der Waals surface area contributed by atoms with Crippen molar-refractivity contribution in [1.82, 2.24) is 15.0 Å². The molecule has 0 fully saturated rings. The van der Waals surface area contributed by atoms with Crippen molar-refractivity contribution in [3.05, 3.63) is 64.7 Å². The van der Waals surface area contributed by atoms with E-state index in [1.165, 1.54) is 21.3 Å². The zero-order valence-corrected chi connectivity index (χ0v) is 19.7. The molecule has 178 valence electrons. The second-order valence-corrected chi connectivity index (χ2v) is 8.36. The number of aromatic nitrogens is 3. The first-order valence-corrected chi connectivity index (χ1v) is 10.7. The minimum Gasteiger partial charge on any atom is -0.493 e. The van der Waals surface area contributed by atoms with E-state index < -0.39 is 17.6 Å². The van der Waals surface area contributed by atoms with Crippen LogP contribution >= 0.6 is 0 Å². The monoisotopic (exact) mass is 468 g/mol. The Morgan fingerprint density at radius 3 is 2.44 bits per heavy atom. The summed E-state index contributed by atoms with van der Waals surface area (Å²) in [6.45, 7) is 3.43. The highest BCUT2D eigenvalue weighted by atomic mass is 19.1. The van der Waals surface area contributed by atoms with Crippen molar-refractivity contribution in [3.8, 4) is 23.0 Å². The summed E-state index contributed by atoms with van der Waals surface area (Å²) in [5.41, 5.74) is 0.891. The maximum Gasteiger partial charge on any atom is 0.203 e. The van der Waals surface area contributed by atoms with E-state index in [0.717, 1.165) is 5.56 Å². The number of benzene rings is 1. The molecule has 9 heteroatoms. The van der Waals surface area contributed by atoms with Crippen molar-refractivity contribution >= 4 is 5.78 Å². The lowest BCUT2D eigenvalue weighted by atomic mass is 9.95. The van der Waals surface area contributed by atoms with Gasteiger partial charge in [-0.3, -0.25) is 9.78 Å². The minimum atomic E-state index is -0.906. The van der Waals surface area contributed by atoms with Crippen molar-refractivity contribution in [2.75, 3.05) is 21.3 Å². The van der Waals surface area contributed by atoms with Gasteiger partial charge in [-0.05, 0) is 43.7 Å². The Bertz CT molecular complexity index is 1270. The maximum absolute atomic E-state index is 14.8. The molecule has 0 saturated heterocycles. The molecule has 3 aromatic rings. The highest BCUT2D eigenvalue weighted by Crippen LogP contribution is 2.38. The van der Waals surface area contributed by atoms with Gasteiger partial charge in [-0.15, -0.1) is 0 Å².